The van der Waals surface area contributed by atoms with E-state index in [0.717, 1.165) is 25.7 Å². The molecule has 0 amide bonds. The Morgan fingerprint density at radius 1 is 0.328 bits per heavy atom. The zero-order valence-electron chi connectivity index (χ0n) is 38.1. The Morgan fingerprint density at radius 2 is 0.716 bits per heavy atom. The van der Waals surface area contributed by atoms with Crippen molar-refractivity contribution >= 4 is 86.2 Å². The Kier molecular flexibility index (Phi) is 9.71. The monoisotopic (exact) mass is 858 g/mol. The molecule has 0 spiro atoms. The van der Waals surface area contributed by atoms with Crippen molar-refractivity contribution in [1.82, 2.24) is 0 Å². The Balaban J connectivity index is 1.05. The lowest BCUT2D eigenvalue weighted by Crippen LogP contribution is -2.41. The zero-order chi connectivity index (χ0) is 44.4. The second-order valence-electron chi connectivity index (χ2n) is 20.1. The molecule has 1 saturated carbocycles. The summed E-state index contributed by atoms with van der Waals surface area (Å²) in [7, 11) is 0. The summed E-state index contributed by atoms with van der Waals surface area (Å²) in [6.07, 6.45) is 10.3. The van der Waals surface area contributed by atoms with Gasteiger partial charge in [0.15, 0.2) is 0 Å². The highest BCUT2D eigenvalue weighted by Crippen LogP contribution is 2.52. The van der Waals surface area contributed by atoms with Crippen LogP contribution in [0.1, 0.15) is 67.2 Å². The van der Waals surface area contributed by atoms with Crippen LogP contribution in [0.3, 0.4) is 0 Å². The molecule has 1 aliphatic rings. The molecule has 13 rings (SSSR count). The summed E-state index contributed by atoms with van der Waals surface area (Å²) < 4.78 is 0. The van der Waals surface area contributed by atoms with Gasteiger partial charge in [-0.25, -0.2) is 0 Å². The molecule has 0 aromatic heterocycles. The number of benzene rings is 12. The molecule has 0 N–H and O–H groups in total. The fourth-order valence-electron chi connectivity index (χ4n) is 12.8. The van der Waals surface area contributed by atoms with Gasteiger partial charge in [-0.3, -0.25) is 0 Å². The molecule has 0 nitrogen and oxygen atoms in total. The van der Waals surface area contributed by atoms with Crippen LogP contribution in [0.2, 0.25) is 0 Å². The third kappa shape index (κ3) is 7.05. The molecule has 12 aromatic rings. The van der Waals surface area contributed by atoms with E-state index in [9.17, 15) is 0 Å². The first-order valence-corrected chi connectivity index (χ1v) is 24.7. The molecule has 1 fully saturated rings. The third-order valence-corrected chi connectivity index (χ3v) is 16.3. The SMILES string of the molecule is c1ccc2c(c1)ccc1ccc(CCC(Cc3ccc4ccc5ccccc5c4c3)(CC3(c4ccc5ccc6ccccc6c5c4)CCCCC3)c3ccc4ccc5ccccc5c4c3)cc12. The lowest BCUT2D eigenvalue weighted by Gasteiger charge is -2.47. The highest BCUT2D eigenvalue weighted by Gasteiger charge is 2.44. The molecule has 0 saturated heterocycles. The first-order valence-electron chi connectivity index (χ1n) is 24.7. The maximum Gasteiger partial charge on any atom is 0.000520 e. The van der Waals surface area contributed by atoms with Gasteiger partial charge < -0.3 is 0 Å². The van der Waals surface area contributed by atoms with E-state index in [1.807, 2.05) is 0 Å². The topological polar surface area (TPSA) is 0 Å². The summed E-state index contributed by atoms with van der Waals surface area (Å²) in [5.41, 5.74) is 5.62. The predicted octanol–water partition coefficient (Wildman–Crippen LogP) is 18.3. The van der Waals surface area contributed by atoms with Crippen LogP contribution in [0, 0.1) is 0 Å². The van der Waals surface area contributed by atoms with E-state index in [4.69, 9.17) is 0 Å². The lowest BCUT2D eigenvalue weighted by molar-refractivity contribution is 0.197. The molecule has 0 radical (unpaired) electrons. The van der Waals surface area contributed by atoms with Crippen LogP contribution in [-0.4, -0.2) is 0 Å². The van der Waals surface area contributed by atoms with Crippen molar-refractivity contribution in [1.29, 1.82) is 0 Å². The Labute approximate surface area is 393 Å². The molecule has 0 bridgehead atoms. The molecule has 0 aliphatic heterocycles. The van der Waals surface area contributed by atoms with Gasteiger partial charge in [0, 0.05) is 5.41 Å². The largest absolute Gasteiger partial charge is 0.0616 e. The van der Waals surface area contributed by atoms with Gasteiger partial charge in [0.25, 0.3) is 0 Å². The standard InChI is InChI=1S/C67H54/c1-10-37-66(38-11-1,56-34-32-54-30-26-50-14-4-8-18-60(50)64(54)42-56)45-67(57-35-33-55-31-27-51-15-5-9-19-61(51)65(55)43-57,44-47-21-23-53-29-25-49-13-3-7-17-59(49)63(53)41-47)39-36-46-20-22-52-28-24-48-12-2-6-16-58(48)62(52)40-46/h2-9,12-35,40-43H,1,10-11,36-39,44-45H2. The van der Waals surface area contributed by atoms with Gasteiger partial charge >= 0.3 is 0 Å². The fourth-order valence-corrected chi connectivity index (χ4v) is 12.8. The maximum atomic E-state index is 2.63. The molecule has 67 heavy (non-hydrogen) atoms. The number of rotatable bonds is 9. The van der Waals surface area contributed by atoms with E-state index in [0.29, 0.717) is 0 Å². The molecular weight excluding hydrogens is 805 g/mol. The maximum absolute atomic E-state index is 2.63. The van der Waals surface area contributed by atoms with Crippen molar-refractivity contribution < 1.29 is 0 Å². The van der Waals surface area contributed by atoms with Gasteiger partial charge in [-0.2, -0.15) is 0 Å². The van der Waals surface area contributed by atoms with Crippen molar-refractivity contribution in [3.05, 3.63) is 241 Å². The highest BCUT2D eigenvalue weighted by atomic mass is 14.5. The normalized spacial score (nSPS) is 15.0. The smallest absolute Gasteiger partial charge is 0.000520 e. The van der Waals surface area contributed by atoms with Crippen LogP contribution in [0.15, 0.2) is 218 Å². The van der Waals surface area contributed by atoms with E-state index in [1.165, 1.54) is 141 Å². The van der Waals surface area contributed by atoms with Crippen molar-refractivity contribution in [3.63, 3.8) is 0 Å². The number of hydrogen-bond acceptors (Lipinski definition) is 0. The van der Waals surface area contributed by atoms with Crippen LogP contribution in [0.4, 0.5) is 0 Å². The van der Waals surface area contributed by atoms with Crippen LogP contribution in [-0.2, 0) is 23.7 Å². The van der Waals surface area contributed by atoms with E-state index >= 15 is 0 Å². The van der Waals surface area contributed by atoms with Crippen LogP contribution in [0.25, 0.3) is 86.2 Å². The summed E-state index contributed by atoms with van der Waals surface area (Å²) in [6, 6.07) is 84.2. The van der Waals surface area contributed by atoms with Gasteiger partial charge in [-0.05, 0) is 165 Å². The molecule has 1 atom stereocenters. The highest BCUT2D eigenvalue weighted by molar-refractivity contribution is 6.10. The van der Waals surface area contributed by atoms with Crippen LogP contribution < -0.4 is 0 Å². The average molecular weight is 859 g/mol. The predicted molar refractivity (Wildman–Crippen MR) is 289 cm³/mol. The molecule has 0 heteroatoms. The third-order valence-electron chi connectivity index (χ3n) is 16.3. The lowest BCUT2D eigenvalue weighted by atomic mass is 9.57. The number of hydrogen-bond donors (Lipinski definition) is 0. The molecule has 0 heterocycles. The summed E-state index contributed by atoms with van der Waals surface area (Å²) in [5, 5.41) is 21.3. The van der Waals surface area contributed by atoms with Crippen molar-refractivity contribution in [2.45, 2.75) is 68.6 Å². The summed E-state index contributed by atoms with van der Waals surface area (Å²) >= 11 is 0. The summed E-state index contributed by atoms with van der Waals surface area (Å²) in [4.78, 5) is 0. The van der Waals surface area contributed by atoms with Gasteiger partial charge in [0.05, 0.1) is 0 Å². The second-order valence-corrected chi connectivity index (χ2v) is 20.1. The Morgan fingerprint density at radius 3 is 1.24 bits per heavy atom. The van der Waals surface area contributed by atoms with E-state index in [2.05, 4.69) is 218 Å². The molecular formula is C67H54. The van der Waals surface area contributed by atoms with Crippen LogP contribution >= 0.6 is 0 Å². The minimum Gasteiger partial charge on any atom is -0.0616 e. The van der Waals surface area contributed by atoms with Crippen molar-refractivity contribution in [3.8, 4) is 0 Å². The van der Waals surface area contributed by atoms with Gasteiger partial charge in [0.1, 0.15) is 0 Å². The first kappa shape index (κ1) is 40.0. The van der Waals surface area contributed by atoms with Crippen molar-refractivity contribution in [2.24, 2.45) is 0 Å². The minimum absolute atomic E-state index is 0.000228. The second kappa shape index (κ2) is 16.3. The average Bonchev–Trinajstić information content (AvgIpc) is 3.40. The van der Waals surface area contributed by atoms with E-state index < -0.39 is 0 Å². The van der Waals surface area contributed by atoms with Gasteiger partial charge in [-0.15, -0.1) is 0 Å². The summed E-state index contributed by atoms with van der Waals surface area (Å²) in [6.45, 7) is 0. The number of aryl methyl sites for hydroxylation is 1. The van der Waals surface area contributed by atoms with Gasteiger partial charge in [-0.1, -0.05) is 226 Å². The molecule has 322 valence electrons. The molecule has 12 aromatic carbocycles. The number of fused-ring (bicyclic) bond motifs is 12. The summed E-state index contributed by atoms with van der Waals surface area (Å²) in [5.74, 6) is 0. The molecule has 1 aliphatic carbocycles. The van der Waals surface area contributed by atoms with Crippen LogP contribution in [0.5, 0.6) is 0 Å². The zero-order valence-corrected chi connectivity index (χ0v) is 38.1. The van der Waals surface area contributed by atoms with Crippen molar-refractivity contribution in [2.75, 3.05) is 0 Å². The quantitative estimate of drug-likeness (QED) is 0.127. The van der Waals surface area contributed by atoms with Gasteiger partial charge in [0.2, 0.25) is 0 Å². The first-order chi connectivity index (χ1) is 33.1. The Bertz CT molecular complexity index is 3860. The van der Waals surface area contributed by atoms with E-state index in [1.54, 1.807) is 0 Å². The molecule has 1 unspecified atom stereocenters. The Hall–Kier alpha value is -7.28. The minimum atomic E-state index is -0.206. The fraction of sp³-hybridized carbons (Fsp3) is 0.164. The van der Waals surface area contributed by atoms with E-state index in [-0.39, 0.29) is 10.8 Å².